The molecule has 7 heteroatoms. The average molecular weight is 380 g/mol. The molecule has 1 atom stereocenters. The second kappa shape index (κ2) is 7.88. The Bertz CT molecular complexity index is 925. The summed E-state index contributed by atoms with van der Waals surface area (Å²) in [7, 11) is 0. The molecule has 2 aromatic heterocycles. The van der Waals surface area contributed by atoms with Crippen molar-refractivity contribution in [3.63, 3.8) is 0 Å². The van der Waals surface area contributed by atoms with Gasteiger partial charge in [0.1, 0.15) is 17.8 Å². The molecule has 1 unspecified atom stereocenters. The number of hydrogen-bond acceptors (Lipinski definition) is 6. The smallest absolute Gasteiger partial charge is 0.340 e. The number of esters is 1. The zero-order valence-corrected chi connectivity index (χ0v) is 16.5. The Balaban J connectivity index is 1.93. The van der Waals surface area contributed by atoms with E-state index >= 15 is 0 Å². The van der Waals surface area contributed by atoms with Crippen molar-refractivity contribution in [1.29, 1.82) is 0 Å². The first-order valence-electron chi connectivity index (χ1n) is 9.32. The third kappa shape index (κ3) is 3.78. The number of nitrogens with zero attached hydrogens (tertiary/aromatic N) is 3. The maximum Gasteiger partial charge on any atom is 0.340 e. The molecule has 3 rings (SSSR count). The standard InChI is InChI=1S/C21H24N4O3/c1-5-14-10-16(19(26)28-12-15-8-6-7-9-22-15)17(23-11-14)18-24-20(27)21(4,25-18)13(2)3/h6-11,13H,5,12H2,1-4H3,(H,24,25,27). The number of carbonyl (C=O) groups excluding carboxylic acids is 2. The summed E-state index contributed by atoms with van der Waals surface area (Å²) in [6, 6.07) is 7.15. The molecule has 28 heavy (non-hydrogen) atoms. The number of aryl methyl sites for hydroxylation is 1. The topological polar surface area (TPSA) is 93.5 Å². The van der Waals surface area contributed by atoms with Gasteiger partial charge in [0.25, 0.3) is 5.91 Å². The molecular formula is C21H24N4O3. The van der Waals surface area contributed by atoms with E-state index in [0.29, 0.717) is 17.2 Å². The highest BCUT2D eigenvalue weighted by Crippen LogP contribution is 2.27. The van der Waals surface area contributed by atoms with Gasteiger partial charge in [-0.1, -0.05) is 26.8 Å². The third-order valence-electron chi connectivity index (χ3n) is 5.03. The highest BCUT2D eigenvalue weighted by molar-refractivity contribution is 6.17. The van der Waals surface area contributed by atoms with Crippen LogP contribution in [0.15, 0.2) is 41.7 Å². The fraction of sp³-hybridized carbons (Fsp3) is 0.381. The van der Waals surface area contributed by atoms with Gasteiger partial charge in [-0.2, -0.15) is 0 Å². The summed E-state index contributed by atoms with van der Waals surface area (Å²) in [5, 5.41) is 2.78. The average Bonchev–Trinajstić information content (AvgIpc) is 3.02. The monoisotopic (exact) mass is 380 g/mol. The molecule has 0 saturated heterocycles. The first-order valence-corrected chi connectivity index (χ1v) is 9.32. The van der Waals surface area contributed by atoms with Gasteiger partial charge in [0.15, 0.2) is 5.84 Å². The van der Waals surface area contributed by atoms with Crippen molar-refractivity contribution in [2.75, 3.05) is 0 Å². The van der Waals surface area contributed by atoms with Crippen LogP contribution in [0.25, 0.3) is 0 Å². The molecular weight excluding hydrogens is 356 g/mol. The minimum Gasteiger partial charge on any atom is -0.456 e. The Morgan fingerprint density at radius 2 is 2.07 bits per heavy atom. The molecule has 3 heterocycles. The second-order valence-electron chi connectivity index (χ2n) is 7.21. The first kappa shape index (κ1) is 19.7. The number of aromatic nitrogens is 2. The van der Waals surface area contributed by atoms with Crippen molar-refractivity contribution in [1.82, 2.24) is 15.3 Å². The number of hydrogen-bond donors (Lipinski definition) is 1. The predicted octanol–water partition coefficient (Wildman–Crippen LogP) is 2.69. The van der Waals surface area contributed by atoms with E-state index in [1.165, 1.54) is 0 Å². The Morgan fingerprint density at radius 1 is 1.29 bits per heavy atom. The van der Waals surface area contributed by atoms with E-state index in [-0.39, 0.29) is 24.0 Å². The van der Waals surface area contributed by atoms with Gasteiger partial charge in [-0.15, -0.1) is 0 Å². The van der Waals surface area contributed by atoms with Crippen molar-refractivity contribution < 1.29 is 14.3 Å². The van der Waals surface area contributed by atoms with Crippen molar-refractivity contribution in [3.8, 4) is 0 Å². The molecule has 0 aromatic carbocycles. The Morgan fingerprint density at radius 3 is 2.68 bits per heavy atom. The fourth-order valence-corrected chi connectivity index (χ4v) is 2.79. The highest BCUT2D eigenvalue weighted by Gasteiger charge is 2.43. The molecule has 0 aliphatic carbocycles. The molecule has 0 bridgehead atoms. The van der Waals surface area contributed by atoms with Crippen LogP contribution in [0.1, 0.15) is 55.0 Å². The summed E-state index contributed by atoms with van der Waals surface area (Å²) < 4.78 is 5.43. The Kier molecular flexibility index (Phi) is 5.53. The molecule has 0 spiro atoms. The number of amidine groups is 1. The van der Waals surface area contributed by atoms with E-state index in [0.717, 1.165) is 12.0 Å². The van der Waals surface area contributed by atoms with Crippen LogP contribution in [0.2, 0.25) is 0 Å². The van der Waals surface area contributed by atoms with Gasteiger partial charge in [0.2, 0.25) is 0 Å². The van der Waals surface area contributed by atoms with Crippen LogP contribution in [0, 0.1) is 5.92 Å². The van der Waals surface area contributed by atoms with Crippen LogP contribution in [0.4, 0.5) is 0 Å². The number of amides is 1. The maximum absolute atomic E-state index is 12.8. The van der Waals surface area contributed by atoms with Gasteiger partial charge in [-0.3, -0.25) is 14.8 Å². The van der Waals surface area contributed by atoms with Gasteiger partial charge in [0.05, 0.1) is 11.3 Å². The van der Waals surface area contributed by atoms with Crippen LogP contribution in [-0.2, 0) is 22.6 Å². The first-order chi connectivity index (χ1) is 13.3. The van der Waals surface area contributed by atoms with Crippen LogP contribution in [0.5, 0.6) is 0 Å². The zero-order valence-electron chi connectivity index (χ0n) is 16.5. The number of carbonyl (C=O) groups is 2. The van der Waals surface area contributed by atoms with Gasteiger partial charge < -0.3 is 10.1 Å². The summed E-state index contributed by atoms with van der Waals surface area (Å²) in [5.41, 5.74) is 1.25. The van der Waals surface area contributed by atoms with E-state index in [4.69, 9.17) is 4.74 Å². The predicted molar refractivity (Wildman–Crippen MR) is 105 cm³/mol. The Hall–Kier alpha value is -3.09. The van der Waals surface area contributed by atoms with Crippen LogP contribution in [-0.4, -0.2) is 33.2 Å². The molecule has 1 amide bonds. The molecule has 1 aliphatic rings. The minimum absolute atomic E-state index is 0.000489. The molecule has 7 nitrogen and oxygen atoms in total. The van der Waals surface area contributed by atoms with E-state index in [1.54, 1.807) is 37.5 Å². The normalized spacial score (nSPS) is 18.8. The lowest BCUT2D eigenvalue weighted by atomic mass is 9.89. The summed E-state index contributed by atoms with van der Waals surface area (Å²) in [6.45, 7) is 7.67. The summed E-state index contributed by atoms with van der Waals surface area (Å²) >= 11 is 0. The molecule has 1 aliphatic heterocycles. The fourth-order valence-electron chi connectivity index (χ4n) is 2.79. The van der Waals surface area contributed by atoms with E-state index in [1.807, 2.05) is 26.8 Å². The number of ether oxygens (including phenoxy) is 1. The third-order valence-corrected chi connectivity index (χ3v) is 5.03. The number of rotatable bonds is 6. The van der Waals surface area contributed by atoms with Crippen molar-refractivity contribution >= 4 is 17.7 Å². The lowest BCUT2D eigenvalue weighted by molar-refractivity contribution is -0.124. The van der Waals surface area contributed by atoms with Crippen LogP contribution >= 0.6 is 0 Å². The van der Waals surface area contributed by atoms with E-state index < -0.39 is 11.5 Å². The number of nitrogens with one attached hydrogen (secondary N) is 1. The van der Waals surface area contributed by atoms with Crippen molar-refractivity contribution in [2.24, 2.45) is 10.9 Å². The number of aliphatic imine (C=N–C) groups is 1. The van der Waals surface area contributed by atoms with Crippen LogP contribution in [0.3, 0.4) is 0 Å². The molecule has 1 N–H and O–H groups in total. The molecule has 0 saturated carbocycles. The zero-order chi connectivity index (χ0) is 20.3. The van der Waals surface area contributed by atoms with E-state index in [9.17, 15) is 9.59 Å². The SMILES string of the molecule is CCc1cnc(C2=NC(C)(C(C)C)C(=O)N2)c(C(=O)OCc2ccccn2)c1. The van der Waals surface area contributed by atoms with Gasteiger partial charge >= 0.3 is 5.97 Å². The van der Waals surface area contributed by atoms with Crippen molar-refractivity contribution in [2.45, 2.75) is 46.3 Å². The molecule has 0 radical (unpaired) electrons. The lowest BCUT2D eigenvalue weighted by Gasteiger charge is -2.21. The quantitative estimate of drug-likeness (QED) is 0.778. The summed E-state index contributed by atoms with van der Waals surface area (Å²) in [5.74, 6) is -0.432. The maximum atomic E-state index is 12.8. The van der Waals surface area contributed by atoms with Gasteiger partial charge in [-0.05, 0) is 43.0 Å². The van der Waals surface area contributed by atoms with Crippen molar-refractivity contribution in [3.05, 3.63) is 59.2 Å². The summed E-state index contributed by atoms with van der Waals surface area (Å²) in [4.78, 5) is 38.4. The molecule has 0 fully saturated rings. The van der Waals surface area contributed by atoms with Crippen LogP contribution < -0.4 is 5.32 Å². The van der Waals surface area contributed by atoms with E-state index in [2.05, 4.69) is 20.3 Å². The largest absolute Gasteiger partial charge is 0.456 e. The highest BCUT2D eigenvalue weighted by atomic mass is 16.5. The van der Waals surface area contributed by atoms with Gasteiger partial charge in [0, 0.05) is 12.4 Å². The molecule has 146 valence electrons. The molecule has 2 aromatic rings. The summed E-state index contributed by atoms with van der Waals surface area (Å²) in [6.07, 6.45) is 4.05. The minimum atomic E-state index is -0.893. The second-order valence-corrected chi connectivity index (χ2v) is 7.21. The lowest BCUT2D eigenvalue weighted by Crippen LogP contribution is -2.41. The Labute approximate surface area is 164 Å². The number of pyridine rings is 2. The van der Waals surface area contributed by atoms with Gasteiger partial charge in [-0.25, -0.2) is 9.79 Å².